The number of sulfonamides is 1. The molecule has 1 aliphatic heterocycles. The molecule has 1 saturated heterocycles. The third-order valence-corrected chi connectivity index (χ3v) is 7.25. The van der Waals surface area contributed by atoms with Gasteiger partial charge in [-0.25, -0.2) is 22.2 Å². The van der Waals surface area contributed by atoms with Gasteiger partial charge in [-0.3, -0.25) is 4.72 Å². The number of nitrogens with zero attached hydrogens (tertiary/aromatic N) is 1. The van der Waals surface area contributed by atoms with Crippen LogP contribution in [-0.2, 0) is 14.8 Å². The Kier molecular flexibility index (Phi) is 7.03. The van der Waals surface area contributed by atoms with E-state index in [-0.39, 0.29) is 22.1 Å². The number of rotatable bonds is 9. The van der Waals surface area contributed by atoms with Gasteiger partial charge in [-0.05, 0) is 37.3 Å². The van der Waals surface area contributed by atoms with Gasteiger partial charge >= 0.3 is 0 Å². The highest BCUT2D eigenvalue weighted by Crippen LogP contribution is 2.33. The molecule has 3 aromatic rings. The Hall–Kier alpha value is -2.47. The van der Waals surface area contributed by atoms with E-state index in [1.165, 1.54) is 34.4 Å². The first-order chi connectivity index (χ1) is 15.7. The summed E-state index contributed by atoms with van der Waals surface area (Å²) in [6.07, 6.45) is 0. The Morgan fingerprint density at radius 3 is 2.73 bits per heavy atom. The van der Waals surface area contributed by atoms with Crippen molar-refractivity contribution in [1.29, 1.82) is 0 Å². The van der Waals surface area contributed by atoms with Crippen molar-refractivity contribution in [3.05, 3.63) is 63.4 Å². The highest BCUT2D eigenvalue weighted by Gasteiger charge is 2.24. The molecule has 0 amide bonds. The molecule has 0 saturated carbocycles. The molecule has 0 spiro atoms. The number of nitrogens with one attached hydrogen (secondary N) is 2. The minimum absolute atomic E-state index is 0.0419. The molecule has 1 aromatic heterocycles. The van der Waals surface area contributed by atoms with Crippen molar-refractivity contribution in [2.75, 3.05) is 29.9 Å². The summed E-state index contributed by atoms with van der Waals surface area (Å²) < 4.78 is 67.2. The summed E-state index contributed by atoms with van der Waals surface area (Å²) in [5, 5.41) is 4.36. The van der Waals surface area contributed by atoms with Crippen LogP contribution in [0, 0.1) is 17.6 Å². The number of thiazole rings is 1. The van der Waals surface area contributed by atoms with Crippen molar-refractivity contribution in [1.82, 2.24) is 4.98 Å². The van der Waals surface area contributed by atoms with E-state index in [0.29, 0.717) is 31.5 Å². The van der Waals surface area contributed by atoms with Crippen molar-refractivity contribution in [2.24, 2.45) is 5.92 Å². The monoisotopic (exact) mass is 515 g/mol. The summed E-state index contributed by atoms with van der Waals surface area (Å²) in [4.78, 5) is 3.20. The second-order valence-corrected chi connectivity index (χ2v) is 10.3. The fourth-order valence-corrected chi connectivity index (χ4v) is 5.08. The normalized spacial score (nSPS) is 15.0. The van der Waals surface area contributed by atoms with E-state index in [2.05, 4.69) is 15.0 Å². The largest absolute Gasteiger partial charge is 0.493 e. The lowest BCUT2D eigenvalue weighted by Crippen LogP contribution is -2.32. The topological polar surface area (TPSA) is 89.6 Å². The molecule has 2 N–H and O–H groups in total. The molecule has 176 valence electrons. The molecular weight excluding hydrogens is 496 g/mol. The number of anilines is 2. The molecule has 1 aliphatic rings. The van der Waals surface area contributed by atoms with Gasteiger partial charge < -0.3 is 14.8 Å². The maximum Gasteiger partial charge on any atom is 0.266 e. The van der Waals surface area contributed by atoms with Crippen LogP contribution in [0.15, 0.2) is 46.1 Å². The number of halogens is 3. The van der Waals surface area contributed by atoms with Crippen LogP contribution in [0.4, 0.5) is 20.3 Å². The van der Waals surface area contributed by atoms with E-state index < -0.39 is 32.6 Å². The number of hydrogen-bond acceptors (Lipinski definition) is 7. The van der Waals surface area contributed by atoms with Crippen LogP contribution < -0.4 is 14.8 Å². The molecule has 0 bridgehead atoms. The summed E-state index contributed by atoms with van der Waals surface area (Å²) in [5.74, 6) is -0.599. The second-order valence-electron chi connectivity index (χ2n) is 7.51. The number of benzene rings is 2. The molecular formula is C21H20ClF2N3O4S2. The zero-order valence-corrected chi connectivity index (χ0v) is 19.7. The Labute approximate surface area is 198 Å². The molecule has 1 fully saturated rings. The van der Waals surface area contributed by atoms with Crippen LogP contribution in [0.3, 0.4) is 0 Å². The number of ether oxygens (including phenoxy) is 2. The lowest BCUT2D eigenvalue weighted by molar-refractivity contribution is -0.0508. The van der Waals surface area contributed by atoms with Gasteiger partial charge in [0.15, 0.2) is 5.82 Å². The van der Waals surface area contributed by atoms with Crippen LogP contribution in [-0.4, -0.2) is 33.2 Å². The maximum atomic E-state index is 14.7. The van der Waals surface area contributed by atoms with Gasteiger partial charge in [0.05, 0.1) is 42.1 Å². The van der Waals surface area contributed by atoms with Crippen molar-refractivity contribution in [3.63, 3.8) is 0 Å². The summed E-state index contributed by atoms with van der Waals surface area (Å²) >= 11 is 7.42. The van der Waals surface area contributed by atoms with Crippen molar-refractivity contribution < 1.29 is 26.7 Å². The van der Waals surface area contributed by atoms with Crippen LogP contribution >= 0.6 is 22.9 Å². The van der Waals surface area contributed by atoms with Gasteiger partial charge in [0, 0.05) is 16.9 Å². The second kappa shape index (κ2) is 9.80. The fraction of sp³-hybridized carbons (Fsp3) is 0.286. The molecule has 2 aromatic carbocycles. The highest BCUT2D eigenvalue weighted by atomic mass is 35.5. The Morgan fingerprint density at radius 1 is 1.27 bits per heavy atom. The first-order valence-electron chi connectivity index (χ1n) is 9.89. The zero-order valence-electron chi connectivity index (χ0n) is 17.3. The smallest absolute Gasteiger partial charge is 0.266 e. The van der Waals surface area contributed by atoms with Crippen LogP contribution in [0.1, 0.15) is 18.5 Å². The molecule has 4 rings (SSSR count). The Balaban J connectivity index is 1.51. The van der Waals surface area contributed by atoms with Crippen LogP contribution in [0.5, 0.6) is 5.75 Å². The van der Waals surface area contributed by atoms with Crippen molar-refractivity contribution >= 4 is 44.5 Å². The van der Waals surface area contributed by atoms with E-state index in [1.807, 2.05) is 0 Å². The Morgan fingerprint density at radius 2 is 2.06 bits per heavy atom. The van der Waals surface area contributed by atoms with E-state index in [1.54, 1.807) is 13.0 Å². The van der Waals surface area contributed by atoms with E-state index in [0.717, 1.165) is 12.1 Å². The van der Waals surface area contributed by atoms with Gasteiger partial charge in [-0.2, -0.15) is 0 Å². The average Bonchev–Trinajstić information content (AvgIpc) is 3.22. The van der Waals surface area contributed by atoms with Gasteiger partial charge in [-0.1, -0.05) is 11.6 Å². The number of hydrogen-bond donors (Lipinski definition) is 2. The molecule has 1 unspecified atom stereocenters. The standard InChI is InChI=1S/C21H20ClF2N3O4S2/c1-12(15-4-14(2-3-17(15)23)31-9-13-7-30-8-13)26-19-6-18(24)20(5-16(19)22)33(28,29)27-21-10-32-11-25-21/h2-6,10-13,26-27H,7-9H2,1H3. The third-order valence-electron chi connectivity index (χ3n) is 4.98. The quantitative estimate of drug-likeness (QED) is 0.413. The first kappa shape index (κ1) is 23.7. The van der Waals surface area contributed by atoms with Gasteiger partial charge in [0.25, 0.3) is 10.0 Å². The molecule has 0 aliphatic carbocycles. The summed E-state index contributed by atoms with van der Waals surface area (Å²) in [5.41, 5.74) is 1.85. The van der Waals surface area contributed by atoms with E-state index in [4.69, 9.17) is 21.1 Å². The zero-order chi connectivity index (χ0) is 23.6. The molecule has 33 heavy (non-hydrogen) atoms. The fourth-order valence-electron chi connectivity index (χ4n) is 3.15. The van der Waals surface area contributed by atoms with Gasteiger partial charge in [0.2, 0.25) is 0 Å². The van der Waals surface area contributed by atoms with Gasteiger partial charge in [0.1, 0.15) is 22.3 Å². The summed E-state index contributed by atoms with van der Waals surface area (Å²) in [6, 6.07) is 5.73. The third kappa shape index (κ3) is 5.55. The Bertz CT molecular complexity index is 1240. The van der Waals surface area contributed by atoms with Crippen molar-refractivity contribution in [3.8, 4) is 5.75 Å². The van der Waals surface area contributed by atoms with Crippen molar-refractivity contribution in [2.45, 2.75) is 17.9 Å². The molecule has 0 radical (unpaired) electrons. The molecule has 7 nitrogen and oxygen atoms in total. The molecule has 1 atom stereocenters. The minimum atomic E-state index is -4.24. The van der Waals surface area contributed by atoms with E-state index >= 15 is 0 Å². The lowest BCUT2D eigenvalue weighted by Gasteiger charge is -2.26. The lowest BCUT2D eigenvalue weighted by atomic mass is 10.1. The van der Waals surface area contributed by atoms with E-state index in [9.17, 15) is 17.2 Å². The maximum absolute atomic E-state index is 14.7. The molecule has 12 heteroatoms. The predicted molar refractivity (Wildman–Crippen MR) is 123 cm³/mol. The van der Waals surface area contributed by atoms with Crippen LogP contribution in [0.2, 0.25) is 5.02 Å². The number of aromatic nitrogens is 1. The first-order valence-corrected chi connectivity index (χ1v) is 12.7. The van der Waals surface area contributed by atoms with Crippen LogP contribution in [0.25, 0.3) is 0 Å². The van der Waals surface area contributed by atoms with Gasteiger partial charge in [-0.15, -0.1) is 11.3 Å². The molecule has 2 heterocycles. The SMILES string of the molecule is CC(Nc1cc(F)c(S(=O)(=O)Nc2cscn2)cc1Cl)c1cc(OCC2COC2)ccc1F. The summed E-state index contributed by atoms with van der Waals surface area (Å²) in [7, 11) is -4.24. The highest BCUT2D eigenvalue weighted by molar-refractivity contribution is 7.92. The summed E-state index contributed by atoms with van der Waals surface area (Å²) in [6.45, 7) is 3.42. The minimum Gasteiger partial charge on any atom is -0.493 e. The average molecular weight is 516 g/mol. The predicted octanol–water partition coefficient (Wildman–Crippen LogP) is 5.07.